The second kappa shape index (κ2) is 32.3. The molecule has 0 radical (unpaired) electrons. The predicted octanol–water partition coefficient (Wildman–Crippen LogP) is 12.7. The molecule has 0 bridgehead atoms. The quantitative estimate of drug-likeness (QED) is 0.0199. The fraction of sp³-hybridized carbons (Fsp3) is 0.941. The van der Waals surface area contributed by atoms with Gasteiger partial charge in [0.15, 0.2) is 10.8 Å². The Hall–Kier alpha value is -2.44. The number of ether oxygens (including phenoxy) is 8. The van der Waals surface area contributed by atoms with E-state index in [0.717, 1.165) is 64.2 Å². The number of hydrogen-bond acceptors (Lipinski definition) is 16. The van der Waals surface area contributed by atoms with Gasteiger partial charge in [0, 0.05) is 70.0 Å². The van der Waals surface area contributed by atoms with Gasteiger partial charge in [0.05, 0.1) is 77.3 Å². The highest BCUT2D eigenvalue weighted by Gasteiger charge is 2.50. The highest BCUT2D eigenvalue weighted by Crippen LogP contribution is 2.39. The maximum atomic E-state index is 14.6. The van der Waals surface area contributed by atoms with Crippen LogP contribution in [0.2, 0.25) is 0 Å². The van der Waals surface area contributed by atoms with Crippen LogP contribution in [0.25, 0.3) is 0 Å². The van der Waals surface area contributed by atoms with Crippen molar-refractivity contribution in [3.05, 3.63) is 0 Å². The van der Waals surface area contributed by atoms with E-state index < -0.39 is 34.7 Å². The first-order chi connectivity index (χ1) is 39.0. The predicted molar refractivity (Wildman–Crippen MR) is 335 cm³/mol. The van der Waals surface area contributed by atoms with Crippen molar-refractivity contribution in [1.82, 2.24) is 21.3 Å². The Morgan fingerprint density at radius 3 is 0.679 bits per heavy atom. The van der Waals surface area contributed by atoms with Crippen molar-refractivity contribution >= 4 is 23.9 Å². The Bertz CT molecular complexity index is 1690. The maximum absolute atomic E-state index is 14.6. The molecule has 0 unspecified atom stereocenters. The van der Waals surface area contributed by atoms with E-state index in [4.69, 9.17) is 37.9 Å². The topological polar surface area (TPSA) is 190 Å². The van der Waals surface area contributed by atoms with Crippen LogP contribution in [0.5, 0.6) is 0 Å². The molecule has 0 amide bonds. The Balaban J connectivity index is 1.44. The van der Waals surface area contributed by atoms with Gasteiger partial charge in [0.2, 0.25) is 0 Å². The monoisotopic (exact) mass is 1190 g/mol. The van der Waals surface area contributed by atoms with E-state index in [1.807, 2.05) is 0 Å². The molecule has 16 nitrogen and oxygen atoms in total. The van der Waals surface area contributed by atoms with Gasteiger partial charge in [-0.2, -0.15) is 0 Å². The molecule has 0 aliphatic carbocycles. The van der Waals surface area contributed by atoms with Crippen molar-refractivity contribution in [3.8, 4) is 0 Å². The van der Waals surface area contributed by atoms with Crippen LogP contribution in [-0.2, 0) is 57.1 Å². The summed E-state index contributed by atoms with van der Waals surface area (Å²) in [5.74, 6) is -2.20. The second-order valence-corrected chi connectivity index (χ2v) is 31.4. The smallest absolute Gasteiger partial charge is 0.323 e. The molecule has 0 aromatic rings. The summed E-state index contributed by atoms with van der Waals surface area (Å²) < 4.78 is 49.7. The molecule has 4 N–H and O–H groups in total. The summed E-state index contributed by atoms with van der Waals surface area (Å²) in [6.45, 7) is 41.6. The standard InChI is InChI=1S/C68H126N4O12/c1-19-21-31-67(55(73)81-39-27-35-77-51-43-59(3,4)69-60(5,6)44-51,56(74)82-40-28-36-78-52-45-61(7,8)70-62(9,10)46-52)33-25-23-24-26-34-68(32-22-20-2,57(75)83-41-29-37-79-53-47-63(11,12)71-64(13,14)48-53)58(76)84-42-30-38-80-54-49-65(15,16)72-66(17,18)50-54/h51-54,69-72H,19-50H2,1-18H3. The van der Waals surface area contributed by atoms with Crippen LogP contribution in [-0.4, -0.2) is 145 Å². The third-order valence-corrected chi connectivity index (χ3v) is 17.5. The fourth-order valence-corrected chi connectivity index (χ4v) is 15.2. The Morgan fingerprint density at radius 2 is 0.488 bits per heavy atom. The molecule has 4 aliphatic heterocycles. The van der Waals surface area contributed by atoms with Crippen molar-refractivity contribution in [1.29, 1.82) is 0 Å². The van der Waals surface area contributed by atoms with E-state index in [1.54, 1.807) is 0 Å². The number of esters is 4. The summed E-state index contributed by atoms with van der Waals surface area (Å²) >= 11 is 0. The minimum Gasteiger partial charge on any atom is -0.465 e. The van der Waals surface area contributed by atoms with Crippen LogP contribution in [0.3, 0.4) is 0 Å². The van der Waals surface area contributed by atoms with Gasteiger partial charge in [-0.15, -0.1) is 0 Å². The van der Waals surface area contributed by atoms with E-state index in [0.29, 0.717) is 103 Å². The summed E-state index contributed by atoms with van der Waals surface area (Å²) in [7, 11) is 0. The maximum Gasteiger partial charge on any atom is 0.323 e. The lowest BCUT2D eigenvalue weighted by Gasteiger charge is -2.46. The molecular weight excluding hydrogens is 1060 g/mol. The average molecular weight is 1190 g/mol. The first-order valence-corrected chi connectivity index (χ1v) is 33.3. The number of unbranched alkanes of at least 4 members (excludes halogenated alkanes) is 5. The van der Waals surface area contributed by atoms with E-state index in [1.165, 1.54) is 0 Å². The largest absolute Gasteiger partial charge is 0.465 e. The number of piperidine rings is 4. The van der Waals surface area contributed by atoms with E-state index >= 15 is 0 Å². The van der Waals surface area contributed by atoms with Gasteiger partial charge in [-0.1, -0.05) is 65.2 Å². The Kier molecular flexibility index (Phi) is 28.5. The Labute approximate surface area is 511 Å². The minimum absolute atomic E-state index is 0.0571. The first kappa shape index (κ1) is 74.0. The molecule has 16 heteroatoms. The summed E-state index contributed by atoms with van der Waals surface area (Å²) in [4.78, 5) is 58.2. The third-order valence-electron chi connectivity index (χ3n) is 17.5. The van der Waals surface area contributed by atoms with E-state index in [2.05, 4.69) is 146 Å². The minimum atomic E-state index is -1.49. The van der Waals surface area contributed by atoms with Crippen molar-refractivity contribution in [3.63, 3.8) is 0 Å². The molecule has 4 heterocycles. The Morgan fingerprint density at radius 1 is 0.298 bits per heavy atom. The van der Waals surface area contributed by atoms with Gasteiger partial charge in [-0.3, -0.25) is 19.2 Å². The zero-order chi connectivity index (χ0) is 62.7. The molecule has 4 fully saturated rings. The van der Waals surface area contributed by atoms with Crippen molar-refractivity contribution in [2.45, 2.75) is 347 Å². The lowest BCUT2D eigenvalue weighted by Crippen LogP contribution is -2.59. The zero-order valence-corrected chi connectivity index (χ0v) is 56.8. The first-order valence-electron chi connectivity index (χ1n) is 33.3. The fourth-order valence-electron chi connectivity index (χ4n) is 15.2. The second-order valence-electron chi connectivity index (χ2n) is 31.4. The lowest BCUT2D eigenvalue weighted by atomic mass is 9.76. The van der Waals surface area contributed by atoms with Gasteiger partial charge in [0.25, 0.3) is 0 Å². The molecule has 84 heavy (non-hydrogen) atoms. The normalized spacial score (nSPS) is 22.3. The van der Waals surface area contributed by atoms with Crippen molar-refractivity contribution < 1.29 is 57.1 Å². The van der Waals surface area contributed by atoms with Crippen LogP contribution in [0, 0.1) is 10.8 Å². The average Bonchev–Trinajstić information content (AvgIpc) is 2.88. The van der Waals surface area contributed by atoms with E-state index in [-0.39, 0.29) is 108 Å². The highest BCUT2D eigenvalue weighted by atomic mass is 16.6. The van der Waals surface area contributed by atoms with Crippen LogP contribution in [0.15, 0.2) is 0 Å². The van der Waals surface area contributed by atoms with Gasteiger partial charge in [-0.25, -0.2) is 0 Å². The number of carbonyl (C=O) groups is 4. The molecule has 0 saturated carbocycles. The van der Waals surface area contributed by atoms with Crippen LogP contribution >= 0.6 is 0 Å². The summed E-state index contributed by atoms with van der Waals surface area (Å²) in [5.41, 5.74) is -3.44. The molecule has 0 aromatic carbocycles. The van der Waals surface area contributed by atoms with Crippen LogP contribution in [0.4, 0.5) is 0 Å². The van der Waals surface area contributed by atoms with Crippen molar-refractivity contribution in [2.75, 3.05) is 52.9 Å². The third kappa shape index (κ3) is 25.6. The van der Waals surface area contributed by atoms with Crippen LogP contribution in [0.1, 0.15) is 279 Å². The molecule has 0 atom stereocenters. The van der Waals surface area contributed by atoms with Crippen LogP contribution < -0.4 is 21.3 Å². The van der Waals surface area contributed by atoms with Gasteiger partial charge >= 0.3 is 23.9 Å². The number of hydrogen-bond donors (Lipinski definition) is 4. The number of carbonyl (C=O) groups excluding carboxylic acids is 4. The van der Waals surface area contributed by atoms with Crippen molar-refractivity contribution in [2.24, 2.45) is 10.8 Å². The lowest BCUT2D eigenvalue weighted by molar-refractivity contribution is -0.176. The molecule has 490 valence electrons. The highest BCUT2D eigenvalue weighted by molar-refractivity contribution is 6.00. The molecule has 4 saturated heterocycles. The summed E-state index contributed by atoms with van der Waals surface area (Å²) in [5, 5.41) is 14.8. The SMILES string of the molecule is CCCCC(CCCCCCC(CCCC)(C(=O)OCCCOC1CC(C)(C)NC(C)(C)C1)C(=O)OCCCOC1CC(C)(C)NC(C)(C)C1)(C(=O)OCCCOC1CC(C)(C)NC(C)(C)C1)C(=O)OCCCOC1CC(C)(C)NC(C)(C)C1. The zero-order valence-electron chi connectivity index (χ0n) is 56.8. The number of nitrogens with one attached hydrogen (secondary N) is 4. The van der Waals surface area contributed by atoms with Gasteiger partial charge < -0.3 is 59.2 Å². The van der Waals surface area contributed by atoms with Gasteiger partial charge in [-0.05, 0) is 188 Å². The number of rotatable bonds is 37. The molecule has 4 rings (SSSR count). The summed E-state index contributed by atoms with van der Waals surface area (Å²) in [6, 6.07) is 0. The summed E-state index contributed by atoms with van der Waals surface area (Å²) in [6.07, 6.45) is 15.8. The molecule has 0 spiro atoms. The van der Waals surface area contributed by atoms with E-state index in [9.17, 15) is 19.2 Å². The molecule has 0 aromatic heterocycles. The molecular formula is C68H126N4O12. The molecule has 4 aliphatic rings. The van der Waals surface area contributed by atoms with Gasteiger partial charge in [0.1, 0.15) is 0 Å².